The normalized spacial score (nSPS) is 11.7. The number of hydrogen-bond donors (Lipinski definition) is 2. The number of amides is 2. The van der Waals surface area contributed by atoms with Crippen LogP contribution in [0.4, 0.5) is 5.69 Å². The molecule has 2 amide bonds. The summed E-state index contributed by atoms with van der Waals surface area (Å²) >= 11 is 0. The lowest BCUT2D eigenvalue weighted by molar-refractivity contribution is -0.117. The Morgan fingerprint density at radius 3 is 2.83 bits per heavy atom. The highest BCUT2D eigenvalue weighted by Gasteiger charge is 2.18. The Morgan fingerprint density at radius 2 is 2.12 bits per heavy atom. The minimum absolute atomic E-state index is 0.164. The van der Waals surface area contributed by atoms with Crippen molar-refractivity contribution < 1.29 is 14.0 Å². The van der Waals surface area contributed by atoms with Gasteiger partial charge in [-0.2, -0.15) is 0 Å². The molecule has 7 nitrogen and oxygen atoms in total. The van der Waals surface area contributed by atoms with E-state index in [0.29, 0.717) is 5.69 Å². The molecule has 3 rings (SSSR count). The van der Waals surface area contributed by atoms with Gasteiger partial charge < -0.3 is 19.6 Å². The summed E-state index contributed by atoms with van der Waals surface area (Å²) in [7, 11) is 0. The van der Waals surface area contributed by atoms with Gasteiger partial charge in [-0.3, -0.25) is 9.59 Å². The van der Waals surface area contributed by atoms with Gasteiger partial charge in [0.1, 0.15) is 6.04 Å². The number of nitrogens with one attached hydrogen (secondary N) is 2. The summed E-state index contributed by atoms with van der Waals surface area (Å²) in [6.45, 7) is 1.61. The van der Waals surface area contributed by atoms with E-state index in [2.05, 4.69) is 15.6 Å². The molecule has 24 heavy (non-hydrogen) atoms. The monoisotopic (exact) mass is 324 g/mol. The van der Waals surface area contributed by atoms with Gasteiger partial charge in [0.15, 0.2) is 5.76 Å². The number of hydrogen-bond acceptors (Lipinski definition) is 4. The van der Waals surface area contributed by atoms with Crippen molar-refractivity contribution in [1.29, 1.82) is 0 Å². The van der Waals surface area contributed by atoms with Crippen LogP contribution in [0.2, 0.25) is 0 Å². The molecule has 2 heterocycles. The van der Waals surface area contributed by atoms with Crippen molar-refractivity contribution in [3.05, 3.63) is 67.1 Å². The molecule has 0 fully saturated rings. The third-order valence-corrected chi connectivity index (χ3v) is 3.40. The molecule has 7 heteroatoms. The fraction of sp³-hybridized carbons (Fsp3) is 0.118. The minimum atomic E-state index is -0.709. The highest BCUT2D eigenvalue weighted by molar-refractivity contribution is 5.99. The molecular weight excluding hydrogens is 308 g/mol. The lowest BCUT2D eigenvalue weighted by atomic mass is 10.2. The summed E-state index contributed by atoms with van der Waals surface area (Å²) in [4.78, 5) is 28.1. The molecule has 0 saturated heterocycles. The SMILES string of the molecule is C[C@H](NC(=O)c1ccco1)C(=O)Nc1cccc(-n2ccnc2)c1. The maximum absolute atomic E-state index is 12.2. The van der Waals surface area contributed by atoms with Gasteiger partial charge in [0, 0.05) is 23.8 Å². The first-order valence-corrected chi connectivity index (χ1v) is 7.37. The Bertz CT molecular complexity index is 825. The third-order valence-electron chi connectivity index (χ3n) is 3.40. The van der Waals surface area contributed by atoms with E-state index >= 15 is 0 Å². The smallest absolute Gasteiger partial charge is 0.287 e. The predicted octanol–water partition coefficient (Wildman–Crippen LogP) is 2.22. The van der Waals surface area contributed by atoms with E-state index in [4.69, 9.17) is 4.42 Å². The first-order chi connectivity index (χ1) is 11.6. The second-order valence-electron chi connectivity index (χ2n) is 5.18. The summed E-state index contributed by atoms with van der Waals surface area (Å²) in [6, 6.07) is 9.77. The van der Waals surface area contributed by atoms with E-state index in [1.54, 1.807) is 31.6 Å². The molecule has 0 radical (unpaired) electrons. The predicted molar refractivity (Wildman–Crippen MR) is 87.8 cm³/mol. The van der Waals surface area contributed by atoms with Crippen LogP contribution in [0.1, 0.15) is 17.5 Å². The number of benzene rings is 1. The summed E-state index contributed by atoms with van der Waals surface area (Å²) in [5.74, 6) is -0.593. The van der Waals surface area contributed by atoms with E-state index in [9.17, 15) is 9.59 Å². The van der Waals surface area contributed by atoms with Crippen molar-refractivity contribution in [1.82, 2.24) is 14.9 Å². The zero-order chi connectivity index (χ0) is 16.9. The zero-order valence-electron chi connectivity index (χ0n) is 13.0. The van der Waals surface area contributed by atoms with Gasteiger partial charge in [0.05, 0.1) is 12.6 Å². The number of imidazole rings is 1. The van der Waals surface area contributed by atoms with Crippen molar-refractivity contribution in [3.63, 3.8) is 0 Å². The largest absolute Gasteiger partial charge is 0.459 e. The average molecular weight is 324 g/mol. The zero-order valence-corrected chi connectivity index (χ0v) is 13.0. The van der Waals surface area contributed by atoms with Crippen LogP contribution in [-0.2, 0) is 4.79 Å². The van der Waals surface area contributed by atoms with Crippen LogP contribution in [-0.4, -0.2) is 27.4 Å². The summed E-state index contributed by atoms with van der Waals surface area (Å²) in [5.41, 5.74) is 1.50. The Morgan fingerprint density at radius 1 is 1.25 bits per heavy atom. The number of aromatic nitrogens is 2. The quantitative estimate of drug-likeness (QED) is 0.753. The summed E-state index contributed by atoms with van der Waals surface area (Å²) in [6.07, 6.45) is 6.57. The standard InChI is InChI=1S/C17H16N4O3/c1-12(19-17(23)15-6-3-9-24-15)16(22)20-13-4-2-5-14(10-13)21-8-7-18-11-21/h2-12H,1H3,(H,19,23)(H,20,22)/t12-/m0/s1. The van der Waals surface area contributed by atoms with Crippen LogP contribution in [0.3, 0.4) is 0 Å². The van der Waals surface area contributed by atoms with Crippen molar-refractivity contribution in [2.24, 2.45) is 0 Å². The Hall–Kier alpha value is -3.35. The molecule has 2 N–H and O–H groups in total. The maximum Gasteiger partial charge on any atom is 0.287 e. The fourth-order valence-corrected chi connectivity index (χ4v) is 2.15. The number of nitrogens with zero attached hydrogens (tertiary/aromatic N) is 2. The van der Waals surface area contributed by atoms with Crippen molar-refractivity contribution in [3.8, 4) is 5.69 Å². The Balaban J connectivity index is 1.64. The summed E-state index contributed by atoms with van der Waals surface area (Å²) < 4.78 is 6.83. The molecule has 0 aliphatic carbocycles. The van der Waals surface area contributed by atoms with E-state index in [1.165, 1.54) is 12.3 Å². The molecule has 0 spiro atoms. The number of rotatable bonds is 5. The van der Waals surface area contributed by atoms with Crippen LogP contribution < -0.4 is 10.6 Å². The fourth-order valence-electron chi connectivity index (χ4n) is 2.15. The minimum Gasteiger partial charge on any atom is -0.459 e. The first kappa shape index (κ1) is 15.5. The summed E-state index contributed by atoms with van der Waals surface area (Å²) in [5, 5.41) is 5.36. The number of anilines is 1. The molecule has 0 aliphatic rings. The van der Waals surface area contributed by atoms with Crippen LogP contribution in [0.25, 0.3) is 5.69 Å². The van der Waals surface area contributed by atoms with E-state index < -0.39 is 11.9 Å². The number of carbonyl (C=O) groups is 2. The van der Waals surface area contributed by atoms with Gasteiger partial charge in [0.25, 0.3) is 5.91 Å². The Kier molecular flexibility index (Phi) is 4.42. The molecule has 1 atom stereocenters. The molecule has 2 aromatic heterocycles. The van der Waals surface area contributed by atoms with Crippen LogP contribution in [0.15, 0.2) is 65.8 Å². The Labute approximate surface area is 138 Å². The highest BCUT2D eigenvalue weighted by Crippen LogP contribution is 2.14. The second-order valence-corrected chi connectivity index (χ2v) is 5.18. The molecule has 0 saturated carbocycles. The van der Waals surface area contributed by atoms with Crippen molar-refractivity contribution in [2.45, 2.75) is 13.0 Å². The van der Waals surface area contributed by atoms with Crippen molar-refractivity contribution >= 4 is 17.5 Å². The van der Waals surface area contributed by atoms with Crippen molar-refractivity contribution in [2.75, 3.05) is 5.32 Å². The molecule has 0 unspecified atom stereocenters. The van der Waals surface area contributed by atoms with E-state index in [0.717, 1.165) is 5.69 Å². The van der Waals surface area contributed by atoms with Gasteiger partial charge >= 0.3 is 0 Å². The van der Waals surface area contributed by atoms with Gasteiger partial charge in [-0.25, -0.2) is 4.98 Å². The molecule has 122 valence electrons. The van der Waals surface area contributed by atoms with Gasteiger partial charge in [-0.05, 0) is 37.3 Å². The highest BCUT2D eigenvalue weighted by atomic mass is 16.3. The van der Waals surface area contributed by atoms with Gasteiger partial charge in [0.2, 0.25) is 5.91 Å². The van der Waals surface area contributed by atoms with E-state index in [1.807, 2.05) is 29.0 Å². The van der Waals surface area contributed by atoms with Crippen LogP contribution in [0.5, 0.6) is 0 Å². The average Bonchev–Trinajstić information content (AvgIpc) is 3.28. The third kappa shape index (κ3) is 3.52. The number of furan rings is 1. The lowest BCUT2D eigenvalue weighted by Gasteiger charge is -2.14. The molecule has 0 bridgehead atoms. The molecule has 1 aromatic carbocycles. The van der Waals surface area contributed by atoms with E-state index in [-0.39, 0.29) is 11.7 Å². The maximum atomic E-state index is 12.2. The second kappa shape index (κ2) is 6.82. The van der Waals surface area contributed by atoms with Crippen LogP contribution >= 0.6 is 0 Å². The van der Waals surface area contributed by atoms with Gasteiger partial charge in [-0.1, -0.05) is 6.07 Å². The molecule has 0 aliphatic heterocycles. The van der Waals surface area contributed by atoms with Gasteiger partial charge in [-0.15, -0.1) is 0 Å². The lowest BCUT2D eigenvalue weighted by Crippen LogP contribution is -2.41. The molecular formula is C17H16N4O3. The molecule has 3 aromatic rings. The van der Waals surface area contributed by atoms with Crippen LogP contribution in [0, 0.1) is 0 Å². The topological polar surface area (TPSA) is 89.2 Å². The number of carbonyl (C=O) groups excluding carboxylic acids is 2. The first-order valence-electron chi connectivity index (χ1n) is 7.37.